The average Bonchev–Trinajstić information content (AvgIpc) is 2.82. The molecule has 1 aliphatic carbocycles. The number of ether oxygens (including phenoxy) is 1. The number of carbonyl (C=O) groups is 1. The Morgan fingerprint density at radius 2 is 2.00 bits per heavy atom. The van der Waals surface area contributed by atoms with Crippen LogP contribution in [0.3, 0.4) is 0 Å². The van der Waals surface area contributed by atoms with Gasteiger partial charge >= 0.3 is 0 Å². The number of anilines is 1. The maximum atomic E-state index is 12.6. The number of carbonyl (C=O) groups excluding carboxylic acids is 1. The van der Waals surface area contributed by atoms with Gasteiger partial charge in [-0.3, -0.25) is 4.79 Å². The van der Waals surface area contributed by atoms with Crippen LogP contribution < -0.4 is 10.1 Å². The van der Waals surface area contributed by atoms with Gasteiger partial charge in [0.2, 0.25) is 5.91 Å². The molecule has 0 fully saturated rings. The van der Waals surface area contributed by atoms with Crippen molar-refractivity contribution in [3.05, 3.63) is 71.0 Å². The van der Waals surface area contributed by atoms with Crippen LogP contribution in [0.1, 0.15) is 48.9 Å². The molecular weight excluding hydrogens is 390 g/mol. The fourth-order valence-electron chi connectivity index (χ4n) is 3.60. The quantitative estimate of drug-likeness (QED) is 0.638. The van der Waals surface area contributed by atoms with E-state index in [0.29, 0.717) is 41.4 Å². The molecule has 6 heteroatoms. The van der Waals surface area contributed by atoms with E-state index in [4.69, 9.17) is 14.7 Å². The van der Waals surface area contributed by atoms with Gasteiger partial charge in [-0.15, -0.1) is 0 Å². The van der Waals surface area contributed by atoms with Crippen LogP contribution in [0, 0.1) is 18.1 Å². The molecule has 0 radical (unpaired) electrons. The van der Waals surface area contributed by atoms with E-state index in [2.05, 4.69) is 17.4 Å². The van der Waals surface area contributed by atoms with Crippen LogP contribution in [0.15, 0.2) is 36.4 Å². The topological polar surface area (TPSA) is 84.3 Å². The average molecular weight is 415 g/mol. The zero-order valence-electron chi connectivity index (χ0n) is 17.9. The van der Waals surface area contributed by atoms with E-state index in [1.54, 1.807) is 7.11 Å². The van der Waals surface area contributed by atoms with Gasteiger partial charge < -0.3 is 15.2 Å². The normalized spacial score (nSPS) is 13.9. The standard InChI is InChI=1S/C25H25N3O3/c1-4-15(2)25(30)28-24-22(23(29)16-8-6-5-7-9-16)27-21-19-12-11-18(31-3)14-17(19)10-13-20(21)26-24/h5-9,14-15,23,29H,4,10,13H2,1-3H3,(H,26,28,30). The lowest BCUT2D eigenvalue weighted by Crippen LogP contribution is -2.24. The second-order valence-electron chi connectivity index (χ2n) is 7.73. The molecule has 4 rings (SSSR count). The number of nitrogens with zero attached hydrogens (tertiary/aromatic N) is 2. The van der Waals surface area contributed by atoms with Crippen molar-refractivity contribution in [1.82, 2.24) is 9.97 Å². The molecule has 3 aromatic rings. The number of fused-ring (bicyclic) bond motifs is 3. The lowest BCUT2D eigenvalue weighted by Gasteiger charge is -2.22. The van der Waals surface area contributed by atoms with Crippen molar-refractivity contribution in [2.24, 2.45) is 5.92 Å². The summed E-state index contributed by atoms with van der Waals surface area (Å²) in [4.78, 5) is 22.1. The Labute approximate surface area is 182 Å². The summed E-state index contributed by atoms with van der Waals surface area (Å²) in [5.74, 6) is 0.619. The fraction of sp³-hybridized carbons (Fsp3) is 0.320. The van der Waals surface area contributed by atoms with Crippen LogP contribution in [0.25, 0.3) is 11.3 Å². The van der Waals surface area contributed by atoms with Gasteiger partial charge in [-0.05, 0) is 42.5 Å². The SMILES string of the molecule is CCC(C)C(=O)Nc1nc2c(nc1C(O)c1ccccc1)-c1c#cc(OC)cc1CC2. The number of aliphatic hydroxyl groups is 1. The molecule has 2 N–H and O–H groups in total. The maximum Gasteiger partial charge on any atom is 0.228 e. The van der Waals surface area contributed by atoms with E-state index >= 15 is 0 Å². The van der Waals surface area contributed by atoms with Crippen LogP contribution in [0.5, 0.6) is 5.75 Å². The summed E-state index contributed by atoms with van der Waals surface area (Å²) in [6.07, 6.45) is 1.11. The predicted molar refractivity (Wildman–Crippen MR) is 118 cm³/mol. The van der Waals surface area contributed by atoms with Gasteiger partial charge in [-0.2, -0.15) is 0 Å². The van der Waals surface area contributed by atoms with Gasteiger partial charge in [0.05, 0.1) is 18.4 Å². The molecule has 0 saturated heterocycles. The Morgan fingerprint density at radius 3 is 2.71 bits per heavy atom. The highest BCUT2D eigenvalue weighted by atomic mass is 16.5. The van der Waals surface area contributed by atoms with Crippen LogP contribution in [0.2, 0.25) is 0 Å². The minimum Gasteiger partial charge on any atom is -0.489 e. The highest BCUT2D eigenvalue weighted by Crippen LogP contribution is 2.35. The number of hydrogen-bond donors (Lipinski definition) is 2. The molecule has 1 aliphatic rings. The Bertz CT molecular complexity index is 1100. The molecule has 2 unspecified atom stereocenters. The lowest BCUT2D eigenvalue weighted by molar-refractivity contribution is -0.119. The first-order valence-electron chi connectivity index (χ1n) is 10.5. The zero-order chi connectivity index (χ0) is 22.0. The number of hydrogen-bond acceptors (Lipinski definition) is 5. The van der Waals surface area contributed by atoms with E-state index in [-0.39, 0.29) is 11.8 Å². The monoisotopic (exact) mass is 415 g/mol. The second-order valence-corrected chi connectivity index (χ2v) is 7.73. The smallest absolute Gasteiger partial charge is 0.228 e. The molecular formula is C25H25N3O3. The third-order valence-corrected chi connectivity index (χ3v) is 5.70. The minimum atomic E-state index is -1.03. The van der Waals surface area contributed by atoms with E-state index in [9.17, 15) is 9.90 Å². The maximum absolute atomic E-state index is 12.6. The van der Waals surface area contributed by atoms with Crippen LogP contribution in [-0.2, 0) is 17.6 Å². The Morgan fingerprint density at radius 1 is 1.23 bits per heavy atom. The molecule has 0 saturated carbocycles. The second kappa shape index (κ2) is 8.75. The van der Waals surface area contributed by atoms with E-state index in [0.717, 1.165) is 23.2 Å². The van der Waals surface area contributed by atoms with Gasteiger partial charge in [0.25, 0.3) is 0 Å². The fourth-order valence-corrected chi connectivity index (χ4v) is 3.60. The first-order valence-corrected chi connectivity index (χ1v) is 10.5. The number of benzene rings is 1. The van der Waals surface area contributed by atoms with Crippen LogP contribution >= 0.6 is 0 Å². The predicted octanol–water partition coefficient (Wildman–Crippen LogP) is 3.92. The Kier molecular flexibility index (Phi) is 5.88. The van der Waals surface area contributed by atoms with Gasteiger partial charge in [-0.25, -0.2) is 9.97 Å². The lowest BCUT2D eigenvalue weighted by atomic mass is 9.92. The molecule has 2 atom stereocenters. The molecule has 0 aliphatic heterocycles. The Balaban J connectivity index is 1.83. The summed E-state index contributed by atoms with van der Waals surface area (Å²) in [6.45, 7) is 3.82. The summed E-state index contributed by atoms with van der Waals surface area (Å²) in [7, 11) is 1.60. The van der Waals surface area contributed by atoms with Crippen molar-refractivity contribution in [1.29, 1.82) is 0 Å². The van der Waals surface area contributed by atoms with Gasteiger partial charge in [0.1, 0.15) is 17.5 Å². The van der Waals surface area contributed by atoms with Crippen molar-refractivity contribution in [3.8, 4) is 17.0 Å². The molecule has 2 aromatic carbocycles. The van der Waals surface area contributed by atoms with Crippen molar-refractivity contribution in [2.75, 3.05) is 12.4 Å². The third-order valence-electron chi connectivity index (χ3n) is 5.70. The number of aryl methyl sites for hydroxylation is 2. The summed E-state index contributed by atoms with van der Waals surface area (Å²) in [5, 5.41) is 14.0. The first-order chi connectivity index (χ1) is 15.0. The zero-order valence-corrected chi connectivity index (χ0v) is 17.9. The molecule has 1 heterocycles. The van der Waals surface area contributed by atoms with Crippen molar-refractivity contribution in [2.45, 2.75) is 39.2 Å². The summed E-state index contributed by atoms with van der Waals surface area (Å²) < 4.78 is 5.27. The van der Waals surface area contributed by atoms with Crippen molar-refractivity contribution < 1.29 is 14.6 Å². The molecule has 0 spiro atoms. The number of nitrogens with one attached hydrogen (secondary N) is 1. The van der Waals surface area contributed by atoms with Crippen LogP contribution in [0.4, 0.5) is 5.82 Å². The van der Waals surface area contributed by atoms with Crippen molar-refractivity contribution >= 4 is 11.7 Å². The van der Waals surface area contributed by atoms with Gasteiger partial charge in [0, 0.05) is 5.92 Å². The molecule has 158 valence electrons. The minimum absolute atomic E-state index is 0.140. The van der Waals surface area contributed by atoms with Gasteiger partial charge in [-0.1, -0.05) is 50.2 Å². The number of amides is 1. The van der Waals surface area contributed by atoms with Crippen molar-refractivity contribution in [3.63, 3.8) is 0 Å². The molecule has 1 aromatic heterocycles. The third kappa shape index (κ3) is 4.10. The summed E-state index contributed by atoms with van der Waals surface area (Å²) in [5.41, 5.74) is 4.28. The molecule has 1 amide bonds. The molecule has 31 heavy (non-hydrogen) atoms. The number of aromatic nitrogens is 2. The highest BCUT2D eigenvalue weighted by molar-refractivity contribution is 5.92. The van der Waals surface area contributed by atoms with Crippen LogP contribution in [-0.4, -0.2) is 28.1 Å². The van der Waals surface area contributed by atoms with E-state index < -0.39 is 6.10 Å². The molecule has 0 bridgehead atoms. The number of aliphatic hydroxyl groups excluding tert-OH is 1. The number of rotatable bonds is 6. The van der Waals surface area contributed by atoms with E-state index in [1.165, 1.54) is 0 Å². The first kappa shape index (κ1) is 20.8. The largest absolute Gasteiger partial charge is 0.489 e. The van der Waals surface area contributed by atoms with Gasteiger partial charge in [0.15, 0.2) is 11.6 Å². The number of methoxy groups -OCH3 is 1. The Hall–Kier alpha value is -3.43. The highest BCUT2D eigenvalue weighted by Gasteiger charge is 2.27. The summed E-state index contributed by atoms with van der Waals surface area (Å²) >= 11 is 0. The summed E-state index contributed by atoms with van der Waals surface area (Å²) in [6, 6.07) is 17.3. The van der Waals surface area contributed by atoms with E-state index in [1.807, 2.05) is 50.2 Å². The molecule has 6 nitrogen and oxygen atoms in total.